The zero-order valence-electron chi connectivity index (χ0n) is 12.6. The van der Waals surface area contributed by atoms with Crippen molar-refractivity contribution in [2.75, 3.05) is 12.4 Å². The first-order valence-corrected chi connectivity index (χ1v) is 7.55. The molecular weight excluding hydrogens is 348 g/mol. The Hall–Kier alpha value is -2.08. The highest BCUT2D eigenvalue weighted by Gasteiger charge is 2.18. The lowest BCUT2D eigenvalue weighted by molar-refractivity contribution is -0.118. The Kier molecular flexibility index (Phi) is 5.03. The largest absolute Gasteiger partial charge is 0.495 e. The van der Waals surface area contributed by atoms with Crippen molar-refractivity contribution in [2.24, 2.45) is 0 Å². The number of para-hydroxylation sites is 2. The Labute approximate surface area is 137 Å². The number of aryl methyl sites for hydroxylation is 1. The molecule has 0 fully saturated rings. The molecule has 1 heterocycles. The molecule has 1 aromatic heterocycles. The first kappa shape index (κ1) is 16.3. The van der Waals surface area contributed by atoms with E-state index in [0.717, 1.165) is 5.56 Å². The molecule has 0 bridgehead atoms. The summed E-state index contributed by atoms with van der Waals surface area (Å²) in [4.78, 5) is 24.6. The molecule has 0 aliphatic heterocycles. The maximum Gasteiger partial charge on any atom is 0.265 e. The molecule has 5 nitrogen and oxygen atoms in total. The number of carbonyl (C=O) groups excluding carboxylic acids is 1. The molecule has 0 saturated carbocycles. The van der Waals surface area contributed by atoms with Crippen molar-refractivity contribution >= 4 is 27.5 Å². The summed E-state index contributed by atoms with van der Waals surface area (Å²) in [6.45, 7) is 3.55. The van der Waals surface area contributed by atoms with Crippen molar-refractivity contribution in [3.63, 3.8) is 0 Å². The number of anilines is 1. The Bertz CT molecular complexity index is 755. The van der Waals surface area contributed by atoms with Crippen LogP contribution in [0.25, 0.3) is 0 Å². The van der Waals surface area contributed by atoms with E-state index >= 15 is 0 Å². The maximum atomic E-state index is 12.4. The Morgan fingerprint density at radius 2 is 2.05 bits per heavy atom. The fraction of sp³-hybridized carbons (Fsp3) is 0.250. The Balaban J connectivity index is 2.28. The van der Waals surface area contributed by atoms with Crippen LogP contribution in [0.1, 0.15) is 18.5 Å². The minimum atomic E-state index is -0.645. The normalized spacial score (nSPS) is 11.8. The van der Waals surface area contributed by atoms with Crippen molar-refractivity contribution in [2.45, 2.75) is 19.9 Å². The number of rotatable bonds is 4. The summed E-state index contributed by atoms with van der Waals surface area (Å²) < 4.78 is 7.04. The number of methoxy groups -OCH3 is 1. The number of hydrogen-bond acceptors (Lipinski definition) is 3. The van der Waals surface area contributed by atoms with Gasteiger partial charge in [-0.1, -0.05) is 12.1 Å². The minimum Gasteiger partial charge on any atom is -0.495 e. The van der Waals surface area contributed by atoms with E-state index in [1.165, 1.54) is 11.7 Å². The van der Waals surface area contributed by atoms with Crippen LogP contribution in [0.5, 0.6) is 5.75 Å². The van der Waals surface area contributed by atoms with Crippen LogP contribution in [0.2, 0.25) is 0 Å². The quantitative estimate of drug-likeness (QED) is 0.906. The lowest BCUT2D eigenvalue weighted by Gasteiger charge is -2.17. The summed E-state index contributed by atoms with van der Waals surface area (Å²) in [5.74, 6) is 0.282. The van der Waals surface area contributed by atoms with E-state index in [-0.39, 0.29) is 11.5 Å². The predicted molar refractivity (Wildman–Crippen MR) is 89.5 cm³/mol. The lowest BCUT2D eigenvalue weighted by atomic mass is 10.2. The van der Waals surface area contributed by atoms with Crippen LogP contribution in [-0.2, 0) is 4.79 Å². The van der Waals surface area contributed by atoms with Gasteiger partial charge in [0.1, 0.15) is 11.8 Å². The number of ether oxygens (including phenoxy) is 1. The smallest absolute Gasteiger partial charge is 0.265 e. The van der Waals surface area contributed by atoms with Gasteiger partial charge in [-0.15, -0.1) is 0 Å². The van der Waals surface area contributed by atoms with E-state index in [2.05, 4.69) is 21.2 Å². The van der Waals surface area contributed by atoms with E-state index in [4.69, 9.17) is 4.74 Å². The van der Waals surface area contributed by atoms with E-state index in [1.54, 1.807) is 37.4 Å². The zero-order chi connectivity index (χ0) is 16.3. The highest BCUT2D eigenvalue weighted by atomic mass is 79.9. The molecule has 0 radical (unpaired) electrons. The molecule has 1 N–H and O–H groups in total. The molecule has 0 spiro atoms. The number of nitrogens with one attached hydrogen (secondary N) is 1. The SMILES string of the molecule is COc1ccccc1NC(=O)C(C)n1cc(C)cc(Br)c1=O. The minimum absolute atomic E-state index is 0.242. The first-order chi connectivity index (χ1) is 10.4. The van der Waals surface area contributed by atoms with Crippen LogP contribution in [0.4, 0.5) is 5.69 Å². The lowest BCUT2D eigenvalue weighted by Crippen LogP contribution is -2.31. The second-order valence-electron chi connectivity index (χ2n) is 4.94. The molecule has 0 saturated heterocycles. The molecule has 0 aliphatic carbocycles. The van der Waals surface area contributed by atoms with E-state index in [9.17, 15) is 9.59 Å². The van der Waals surface area contributed by atoms with E-state index < -0.39 is 6.04 Å². The van der Waals surface area contributed by atoms with Crippen LogP contribution in [0, 0.1) is 6.92 Å². The molecule has 0 aliphatic rings. The van der Waals surface area contributed by atoms with Gasteiger partial charge in [0.2, 0.25) is 5.91 Å². The molecule has 1 atom stereocenters. The van der Waals surface area contributed by atoms with Gasteiger partial charge in [-0.25, -0.2) is 0 Å². The average molecular weight is 365 g/mol. The van der Waals surface area contributed by atoms with Gasteiger partial charge < -0.3 is 14.6 Å². The fourth-order valence-corrected chi connectivity index (χ4v) is 2.67. The van der Waals surface area contributed by atoms with Gasteiger partial charge >= 0.3 is 0 Å². The van der Waals surface area contributed by atoms with Crippen molar-refractivity contribution in [1.29, 1.82) is 0 Å². The molecule has 1 aromatic carbocycles. The highest BCUT2D eigenvalue weighted by Crippen LogP contribution is 2.24. The Morgan fingerprint density at radius 1 is 1.36 bits per heavy atom. The van der Waals surface area contributed by atoms with Crippen LogP contribution in [0.3, 0.4) is 0 Å². The summed E-state index contributed by atoms with van der Waals surface area (Å²) in [5, 5.41) is 2.79. The standard InChI is InChI=1S/C16H17BrN2O3/c1-10-8-12(17)16(21)19(9-10)11(2)15(20)18-13-6-4-5-7-14(13)22-3/h4-9,11H,1-3H3,(H,18,20). The molecule has 6 heteroatoms. The van der Waals surface area contributed by atoms with Gasteiger partial charge in [0.05, 0.1) is 17.3 Å². The predicted octanol–water partition coefficient (Wildman–Crippen LogP) is 3.13. The second kappa shape index (κ2) is 6.79. The number of pyridine rings is 1. The molecular formula is C16H17BrN2O3. The molecule has 1 unspecified atom stereocenters. The number of benzene rings is 1. The third-order valence-corrected chi connectivity index (χ3v) is 3.87. The monoisotopic (exact) mass is 364 g/mol. The van der Waals surface area contributed by atoms with Gasteiger partial charge in [0, 0.05) is 6.20 Å². The number of hydrogen-bond donors (Lipinski definition) is 1. The summed E-state index contributed by atoms with van der Waals surface area (Å²) in [6.07, 6.45) is 1.67. The fourth-order valence-electron chi connectivity index (χ4n) is 2.10. The van der Waals surface area contributed by atoms with Crippen molar-refractivity contribution in [3.05, 3.63) is 56.9 Å². The number of halogens is 1. The second-order valence-corrected chi connectivity index (χ2v) is 5.80. The molecule has 1 amide bonds. The van der Waals surface area contributed by atoms with Crippen LogP contribution in [-0.4, -0.2) is 17.6 Å². The van der Waals surface area contributed by atoms with Gasteiger partial charge in [-0.05, 0) is 53.5 Å². The molecule has 2 aromatic rings. The topological polar surface area (TPSA) is 60.3 Å². The van der Waals surface area contributed by atoms with Gasteiger partial charge in [0.25, 0.3) is 5.56 Å². The summed E-state index contributed by atoms with van der Waals surface area (Å²) >= 11 is 3.22. The number of aromatic nitrogens is 1. The summed E-state index contributed by atoms with van der Waals surface area (Å²) in [5.41, 5.74) is 1.22. The molecule has 116 valence electrons. The van der Waals surface area contributed by atoms with Crippen molar-refractivity contribution in [1.82, 2.24) is 4.57 Å². The number of amides is 1. The zero-order valence-corrected chi connectivity index (χ0v) is 14.2. The third-order valence-electron chi connectivity index (χ3n) is 3.30. The molecule has 2 rings (SSSR count). The summed E-state index contributed by atoms with van der Waals surface area (Å²) in [7, 11) is 1.54. The van der Waals surface area contributed by atoms with Crippen LogP contribution >= 0.6 is 15.9 Å². The highest BCUT2D eigenvalue weighted by molar-refractivity contribution is 9.10. The van der Waals surface area contributed by atoms with E-state index in [0.29, 0.717) is 15.9 Å². The third kappa shape index (κ3) is 3.39. The van der Waals surface area contributed by atoms with Crippen LogP contribution < -0.4 is 15.6 Å². The van der Waals surface area contributed by atoms with Crippen LogP contribution in [0.15, 0.2) is 45.8 Å². The van der Waals surface area contributed by atoms with Gasteiger partial charge in [-0.2, -0.15) is 0 Å². The van der Waals surface area contributed by atoms with Crippen molar-refractivity contribution < 1.29 is 9.53 Å². The van der Waals surface area contributed by atoms with Gasteiger partial charge in [0.15, 0.2) is 0 Å². The van der Waals surface area contributed by atoms with Crippen molar-refractivity contribution in [3.8, 4) is 5.75 Å². The first-order valence-electron chi connectivity index (χ1n) is 6.76. The van der Waals surface area contributed by atoms with E-state index in [1.807, 2.05) is 13.0 Å². The summed E-state index contributed by atoms with van der Waals surface area (Å²) in [6, 6.07) is 8.21. The molecule has 22 heavy (non-hydrogen) atoms. The number of carbonyl (C=O) groups is 1. The average Bonchev–Trinajstić information content (AvgIpc) is 2.50. The van der Waals surface area contributed by atoms with Gasteiger partial charge in [-0.3, -0.25) is 9.59 Å². The maximum absolute atomic E-state index is 12.4. The Morgan fingerprint density at radius 3 is 2.73 bits per heavy atom. The number of nitrogens with zero attached hydrogens (tertiary/aromatic N) is 1.